The van der Waals surface area contributed by atoms with E-state index in [1.165, 1.54) is 12.1 Å². The number of hydrogen-bond acceptors (Lipinski definition) is 5. The molecule has 0 spiro atoms. The number of fused-ring (bicyclic) bond motifs is 1. The molecule has 0 aliphatic carbocycles. The molecule has 182 valence electrons. The Bertz CT molecular complexity index is 1040. The number of carbonyl (C=O) groups excluding carboxylic acids is 2. The normalized spacial score (nSPS) is 18.8. The van der Waals surface area contributed by atoms with Crippen molar-refractivity contribution in [2.75, 3.05) is 44.1 Å². The number of halogens is 2. The quantitative estimate of drug-likeness (QED) is 0.632. The van der Waals surface area contributed by atoms with Gasteiger partial charge in [-0.05, 0) is 81.6 Å². The summed E-state index contributed by atoms with van der Waals surface area (Å²) < 4.78 is 19.2. The van der Waals surface area contributed by atoms with Crippen LogP contribution in [-0.4, -0.2) is 66.9 Å². The van der Waals surface area contributed by atoms with Crippen molar-refractivity contribution < 1.29 is 18.7 Å². The second kappa shape index (κ2) is 10.7. The SMILES string of the molecule is C[C@H]1COc2nc(C(=O)NCC3CCN(C)CC3)c(Cc3ccc(F)cc3)cc2N1C(=O)CCl. The van der Waals surface area contributed by atoms with Crippen molar-refractivity contribution in [2.45, 2.75) is 32.2 Å². The van der Waals surface area contributed by atoms with E-state index in [-0.39, 0.29) is 47.7 Å². The summed E-state index contributed by atoms with van der Waals surface area (Å²) in [6.07, 6.45) is 2.43. The molecule has 9 heteroatoms. The fraction of sp³-hybridized carbons (Fsp3) is 0.480. The second-order valence-electron chi connectivity index (χ2n) is 9.14. The number of pyridine rings is 1. The molecule has 34 heavy (non-hydrogen) atoms. The van der Waals surface area contributed by atoms with E-state index in [1.54, 1.807) is 23.1 Å². The average molecular weight is 489 g/mol. The van der Waals surface area contributed by atoms with Crippen LogP contribution in [0.3, 0.4) is 0 Å². The van der Waals surface area contributed by atoms with Crippen LogP contribution in [-0.2, 0) is 11.2 Å². The number of nitrogens with one attached hydrogen (secondary N) is 1. The van der Waals surface area contributed by atoms with Gasteiger partial charge >= 0.3 is 0 Å². The molecule has 1 saturated heterocycles. The highest BCUT2D eigenvalue weighted by Gasteiger charge is 2.32. The van der Waals surface area contributed by atoms with Crippen LogP contribution in [0.4, 0.5) is 10.1 Å². The Morgan fingerprint density at radius 1 is 1.24 bits per heavy atom. The lowest BCUT2D eigenvalue weighted by atomic mass is 9.97. The molecular formula is C25H30ClFN4O3. The molecule has 2 aliphatic heterocycles. The smallest absolute Gasteiger partial charge is 0.270 e. The average Bonchev–Trinajstić information content (AvgIpc) is 2.84. The van der Waals surface area contributed by atoms with Crippen molar-refractivity contribution in [3.05, 3.63) is 53.0 Å². The lowest BCUT2D eigenvalue weighted by Gasteiger charge is -2.34. The third-order valence-corrected chi connectivity index (χ3v) is 6.73. The maximum atomic E-state index is 13.4. The standard InChI is InChI=1S/C25H30ClFN4O3/c1-16-15-34-25-21(31(16)22(32)13-26)12-19(11-17-3-5-20(27)6-4-17)23(29-25)24(33)28-14-18-7-9-30(2)10-8-18/h3-6,12,16,18H,7-11,13-15H2,1-2H3,(H,28,33)/t16-/m0/s1. The fourth-order valence-electron chi connectivity index (χ4n) is 4.50. The largest absolute Gasteiger partial charge is 0.474 e. The number of piperidine rings is 1. The Morgan fingerprint density at radius 3 is 2.62 bits per heavy atom. The maximum absolute atomic E-state index is 13.4. The number of benzene rings is 1. The summed E-state index contributed by atoms with van der Waals surface area (Å²) in [5.41, 5.74) is 2.21. The van der Waals surface area contributed by atoms with E-state index in [1.807, 2.05) is 6.92 Å². The molecule has 0 saturated carbocycles. The molecule has 1 aromatic carbocycles. The lowest BCUT2D eigenvalue weighted by molar-refractivity contribution is -0.117. The van der Waals surface area contributed by atoms with Crippen molar-refractivity contribution in [1.82, 2.24) is 15.2 Å². The van der Waals surface area contributed by atoms with E-state index in [0.717, 1.165) is 31.5 Å². The molecule has 0 unspecified atom stereocenters. The van der Waals surface area contributed by atoms with Crippen molar-refractivity contribution in [2.24, 2.45) is 5.92 Å². The van der Waals surface area contributed by atoms with E-state index in [4.69, 9.17) is 16.3 Å². The van der Waals surface area contributed by atoms with Crippen LogP contribution in [0.25, 0.3) is 0 Å². The van der Waals surface area contributed by atoms with Crippen LogP contribution in [0.5, 0.6) is 5.88 Å². The number of nitrogens with zero attached hydrogens (tertiary/aromatic N) is 3. The molecule has 2 aliphatic rings. The summed E-state index contributed by atoms with van der Waals surface area (Å²) >= 11 is 5.85. The van der Waals surface area contributed by atoms with Gasteiger partial charge in [0.1, 0.15) is 29.7 Å². The number of hydrogen-bond donors (Lipinski definition) is 1. The predicted octanol–water partition coefficient (Wildman–Crippen LogP) is 3.24. The van der Waals surface area contributed by atoms with Crippen LogP contribution in [0.2, 0.25) is 0 Å². The Kier molecular flexibility index (Phi) is 7.68. The first-order valence-electron chi connectivity index (χ1n) is 11.6. The second-order valence-corrected chi connectivity index (χ2v) is 9.40. The highest BCUT2D eigenvalue weighted by Crippen LogP contribution is 2.35. The first-order chi connectivity index (χ1) is 16.4. The van der Waals surface area contributed by atoms with Gasteiger partial charge in [0.25, 0.3) is 5.91 Å². The van der Waals surface area contributed by atoms with Gasteiger partial charge in [-0.25, -0.2) is 9.37 Å². The van der Waals surface area contributed by atoms with Crippen LogP contribution in [0, 0.1) is 11.7 Å². The molecule has 1 aromatic heterocycles. The van der Waals surface area contributed by atoms with Gasteiger partial charge in [0.05, 0.1) is 6.04 Å². The van der Waals surface area contributed by atoms with Gasteiger partial charge < -0.3 is 19.9 Å². The minimum atomic E-state index is -0.329. The zero-order valence-electron chi connectivity index (χ0n) is 19.5. The zero-order valence-corrected chi connectivity index (χ0v) is 20.3. The molecule has 1 atom stereocenters. The monoisotopic (exact) mass is 488 g/mol. The van der Waals surface area contributed by atoms with Gasteiger partial charge in [0.15, 0.2) is 0 Å². The van der Waals surface area contributed by atoms with Gasteiger partial charge in [-0.1, -0.05) is 12.1 Å². The van der Waals surface area contributed by atoms with E-state index < -0.39 is 0 Å². The molecule has 0 radical (unpaired) electrons. The first-order valence-corrected chi connectivity index (χ1v) is 12.1. The van der Waals surface area contributed by atoms with Crippen LogP contribution < -0.4 is 15.0 Å². The molecule has 1 fully saturated rings. The molecular weight excluding hydrogens is 459 g/mol. The van der Waals surface area contributed by atoms with Gasteiger partial charge in [-0.3, -0.25) is 9.59 Å². The van der Waals surface area contributed by atoms with Crippen LogP contribution >= 0.6 is 11.6 Å². The molecule has 4 rings (SSSR count). The predicted molar refractivity (Wildman–Crippen MR) is 129 cm³/mol. The van der Waals surface area contributed by atoms with E-state index in [2.05, 4.69) is 22.2 Å². The van der Waals surface area contributed by atoms with E-state index in [9.17, 15) is 14.0 Å². The summed E-state index contributed by atoms with van der Waals surface area (Å²) in [5.74, 6) is -0.375. The summed E-state index contributed by atoms with van der Waals surface area (Å²) in [6.45, 7) is 4.75. The Hall–Kier alpha value is -2.71. The number of aromatic nitrogens is 1. The highest BCUT2D eigenvalue weighted by molar-refractivity contribution is 6.29. The maximum Gasteiger partial charge on any atom is 0.270 e. The molecule has 7 nitrogen and oxygen atoms in total. The van der Waals surface area contributed by atoms with Crippen LogP contribution in [0.1, 0.15) is 41.4 Å². The lowest BCUT2D eigenvalue weighted by Crippen LogP contribution is -2.46. The third-order valence-electron chi connectivity index (χ3n) is 6.50. The summed E-state index contributed by atoms with van der Waals surface area (Å²) in [5, 5.41) is 3.04. The Morgan fingerprint density at radius 2 is 1.94 bits per heavy atom. The fourth-order valence-corrected chi connectivity index (χ4v) is 4.63. The molecule has 2 aromatic rings. The summed E-state index contributed by atoms with van der Waals surface area (Å²) in [6, 6.07) is 7.68. The third kappa shape index (κ3) is 5.50. The van der Waals surface area contributed by atoms with Crippen molar-refractivity contribution in [3.8, 4) is 5.88 Å². The number of rotatable bonds is 6. The molecule has 3 heterocycles. The zero-order chi connectivity index (χ0) is 24.2. The number of ether oxygens (including phenoxy) is 1. The number of carbonyl (C=O) groups is 2. The number of likely N-dealkylation sites (tertiary alicyclic amines) is 1. The Labute approximate surface area is 204 Å². The van der Waals surface area contributed by atoms with E-state index in [0.29, 0.717) is 30.1 Å². The van der Waals surface area contributed by atoms with Crippen molar-refractivity contribution >= 4 is 29.1 Å². The van der Waals surface area contributed by atoms with Crippen molar-refractivity contribution in [3.63, 3.8) is 0 Å². The molecule has 0 bridgehead atoms. The molecule has 1 N–H and O–H groups in total. The highest BCUT2D eigenvalue weighted by atomic mass is 35.5. The van der Waals surface area contributed by atoms with Crippen molar-refractivity contribution in [1.29, 1.82) is 0 Å². The molecule has 2 amide bonds. The van der Waals surface area contributed by atoms with Crippen LogP contribution in [0.15, 0.2) is 30.3 Å². The van der Waals surface area contributed by atoms with Gasteiger partial charge in [-0.15, -0.1) is 11.6 Å². The van der Waals surface area contributed by atoms with Gasteiger partial charge in [0.2, 0.25) is 11.8 Å². The number of anilines is 1. The van der Waals surface area contributed by atoms with Gasteiger partial charge in [-0.2, -0.15) is 0 Å². The topological polar surface area (TPSA) is 74.8 Å². The number of amides is 2. The summed E-state index contributed by atoms with van der Waals surface area (Å²) in [4.78, 5) is 34.2. The van der Waals surface area contributed by atoms with E-state index >= 15 is 0 Å². The van der Waals surface area contributed by atoms with Gasteiger partial charge in [0, 0.05) is 6.54 Å². The Balaban J connectivity index is 1.64. The first kappa shape index (κ1) is 24.4. The number of alkyl halides is 1. The minimum absolute atomic E-state index is 0.171. The minimum Gasteiger partial charge on any atom is -0.474 e. The summed E-state index contributed by atoms with van der Waals surface area (Å²) in [7, 11) is 2.10.